The Balaban J connectivity index is 2.39. The summed E-state index contributed by atoms with van der Waals surface area (Å²) in [6, 6.07) is 20.8. The lowest BCUT2D eigenvalue weighted by Gasteiger charge is -2.43. The van der Waals surface area contributed by atoms with E-state index >= 15 is 0 Å². The first-order chi connectivity index (χ1) is 13.1. The molecule has 0 heterocycles. The molecular weight excluding hydrogens is 387 g/mol. The fourth-order valence-corrected chi connectivity index (χ4v) is 8.59. The molecule has 0 saturated carbocycles. The summed E-state index contributed by atoms with van der Waals surface area (Å²) in [6.07, 6.45) is 2.08. The van der Waals surface area contributed by atoms with E-state index in [0.29, 0.717) is 13.0 Å². The molecule has 0 aliphatic heterocycles. The van der Waals surface area contributed by atoms with E-state index in [1.807, 2.05) is 25.1 Å². The minimum Gasteiger partial charge on any atom is -0.403 e. The molecule has 28 heavy (non-hydrogen) atoms. The average molecular weight is 419 g/mol. The molecule has 0 aliphatic carbocycles. The third kappa shape index (κ3) is 5.76. The summed E-state index contributed by atoms with van der Waals surface area (Å²) in [5.74, 6) is 0. The van der Waals surface area contributed by atoms with Crippen LogP contribution in [0, 0.1) is 0 Å². The van der Waals surface area contributed by atoms with Crippen molar-refractivity contribution in [3.63, 3.8) is 0 Å². The van der Waals surface area contributed by atoms with Crippen LogP contribution in [0.1, 0.15) is 34.1 Å². The molecule has 2 aromatic carbocycles. The van der Waals surface area contributed by atoms with Crippen LogP contribution in [0.5, 0.6) is 0 Å². The summed E-state index contributed by atoms with van der Waals surface area (Å²) < 4.78 is 17.9. The van der Waals surface area contributed by atoms with Gasteiger partial charge in [0, 0.05) is 0 Å². The molecule has 2 rings (SSSR count). The van der Waals surface area contributed by atoms with Crippen molar-refractivity contribution in [3.05, 3.63) is 72.3 Å². The Bertz CT molecular complexity index is 783. The molecule has 0 saturated heterocycles. The highest BCUT2D eigenvalue weighted by atomic mass is 31.2. The largest absolute Gasteiger partial charge is 0.403 e. The van der Waals surface area contributed by atoms with Gasteiger partial charge in [0.05, 0.1) is 12.8 Å². The van der Waals surface area contributed by atoms with Gasteiger partial charge >= 0.3 is 7.60 Å². The van der Waals surface area contributed by atoms with Crippen molar-refractivity contribution < 1.29 is 18.8 Å². The van der Waals surface area contributed by atoms with Crippen molar-refractivity contribution in [2.75, 3.05) is 12.8 Å². The Morgan fingerprint density at radius 2 is 1.46 bits per heavy atom. The maximum absolute atomic E-state index is 11.1. The van der Waals surface area contributed by atoms with E-state index in [1.165, 1.54) is 10.4 Å². The van der Waals surface area contributed by atoms with E-state index in [9.17, 15) is 4.57 Å². The lowest BCUT2D eigenvalue weighted by atomic mass is 10.2. The summed E-state index contributed by atoms with van der Waals surface area (Å²) in [7, 11) is -6.55. The third-order valence-corrected chi connectivity index (χ3v) is 10.7. The summed E-state index contributed by atoms with van der Waals surface area (Å²) in [4.78, 5) is 18.1. The number of benzene rings is 2. The van der Waals surface area contributed by atoms with E-state index in [4.69, 9.17) is 14.2 Å². The highest BCUT2D eigenvalue weighted by molar-refractivity contribution is 7.51. The van der Waals surface area contributed by atoms with Crippen molar-refractivity contribution >= 4 is 26.3 Å². The lowest BCUT2D eigenvalue weighted by molar-refractivity contribution is 0.329. The Morgan fingerprint density at radius 1 is 1.00 bits per heavy atom. The zero-order valence-electron chi connectivity index (χ0n) is 17.1. The second-order valence-electron chi connectivity index (χ2n) is 8.18. The van der Waals surface area contributed by atoms with Crippen LogP contribution in [0.15, 0.2) is 72.3 Å². The molecule has 0 spiro atoms. The normalized spacial score (nSPS) is 13.6. The molecular formula is C22H31O4PSi. The molecule has 6 heteroatoms. The van der Waals surface area contributed by atoms with Gasteiger partial charge in [-0.2, -0.15) is 0 Å². The van der Waals surface area contributed by atoms with Gasteiger partial charge in [-0.3, -0.25) is 4.57 Å². The van der Waals surface area contributed by atoms with Gasteiger partial charge in [0.1, 0.15) is 0 Å². The Labute approximate surface area is 169 Å². The van der Waals surface area contributed by atoms with Gasteiger partial charge in [0.15, 0.2) is 0 Å². The van der Waals surface area contributed by atoms with Crippen LogP contribution in [0.25, 0.3) is 0 Å². The minimum absolute atomic E-state index is 0.0954. The predicted molar refractivity (Wildman–Crippen MR) is 119 cm³/mol. The molecule has 4 nitrogen and oxygen atoms in total. The van der Waals surface area contributed by atoms with Crippen LogP contribution in [0.3, 0.4) is 0 Å². The van der Waals surface area contributed by atoms with Crippen LogP contribution < -0.4 is 10.4 Å². The molecule has 0 bridgehead atoms. The van der Waals surface area contributed by atoms with Gasteiger partial charge in [-0.25, -0.2) is 0 Å². The monoisotopic (exact) mass is 418 g/mol. The SMILES string of the molecule is C/C(=C/CCP(=O)(O)O)CO[Si](c1ccccc1)(c1ccccc1)C(C)(C)C. The minimum atomic E-state index is -3.97. The Kier molecular flexibility index (Phi) is 7.60. The Morgan fingerprint density at radius 3 is 1.86 bits per heavy atom. The van der Waals surface area contributed by atoms with Crippen LogP contribution in [-0.4, -0.2) is 30.9 Å². The van der Waals surface area contributed by atoms with Crippen LogP contribution in [-0.2, 0) is 8.99 Å². The fourth-order valence-electron chi connectivity index (χ4n) is 3.52. The fraction of sp³-hybridized carbons (Fsp3) is 0.364. The predicted octanol–water partition coefficient (Wildman–Crippen LogP) is 4.08. The number of hydrogen-bond donors (Lipinski definition) is 2. The zero-order valence-corrected chi connectivity index (χ0v) is 19.0. The summed E-state index contributed by atoms with van der Waals surface area (Å²) in [5.41, 5.74) is 0.987. The maximum Gasteiger partial charge on any atom is 0.325 e. The number of rotatable bonds is 8. The summed E-state index contributed by atoms with van der Waals surface area (Å²) in [6.45, 7) is 9.08. The molecule has 0 aromatic heterocycles. The molecule has 152 valence electrons. The maximum atomic E-state index is 11.1. The first-order valence-corrected chi connectivity index (χ1v) is 13.2. The smallest absolute Gasteiger partial charge is 0.325 e. The van der Waals surface area contributed by atoms with E-state index in [1.54, 1.807) is 0 Å². The average Bonchev–Trinajstić information content (AvgIpc) is 2.62. The molecule has 0 aliphatic rings. The van der Waals surface area contributed by atoms with Crippen molar-refractivity contribution in [2.45, 2.75) is 39.2 Å². The van der Waals surface area contributed by atoms with Crippen molar-refractivity contribution in [2.24, 2.45) is 0 Å². The zero-order chi connectivity index (χ0) is 20.8. The number of hydrogen-bond acceptors (Lipinski definition) is 2. The topological polar surface area (TPSA) is 66.8 Å². The number of allylic oxidation sites excluding steroid dienone is 1. The second-order valence-corrected chi connectivity index (χ2v) is 14.3. The van der Waals surface area contributed by atoms with Crippen LogP contribution >= 0.6 is 7.60 Å². The molecule has 0 fully saturated rings. The van der Waals surface area contributed by atoms with E-state index in [2.05, 4.69) is 69.3 Å². The summed E-state index contributed by atoms with van der Waals surface area (Å²) >= 11 is 0. The van der Waals surface area contributed by atoms with E-state index < -0.39 is 15.9 Å². The van der Waals surface area contributed by atoms with Crippen molar-refractivity contribution in [1.29, 1.82) is 0 Å². The van der Waals surface area contributed by atoms with E-state index in [0.717, 1.165) is 5.57 Å². The molecule has 2 aromatic rings. The van der Waals surface area contributed by atoms with Crippen LogP contribution in [0.4, 0.5) is 0 Å². The third-order valence-electron chi connectivity index (χ3n) is 4.85. The highest BCUT2D eigenvalue weighted by Gasteiger charge is 2.50. The van der Waals surface area contributed by atoms with Gasteiger partial charge in [0.2, 0.25) is 0 Å². The van der Waals surface area contributed by atoms with Gasteiger partial charge in [0.25, 0.3) is 8.32 Å². The molecule has 0 amide bonds. The molecule has 0 atom stereocenters. The molecule has 0 unspecified atom stereocenters. The van der Waals surface area contributed by atoms with Gasteiger partial charge < -0.3 is 14.2 Å². The van der Waals surface area contributed by atoms with E-state index in [-0.39, 0.29) is 11.2 Å². The Hall–Kier alpha value is -1.49. The molecule has 2 N–H and O–H groups in total. The summed E-state index contributed by atoms with van der Waals surface area (Å²) in [5, 5.41) is 2.34. The first kappa shape index (κ1) is 22.8. The second kappa shape index (κ2) is 9.34. The van der Waals surface area contributed by atoms with Gasteiger partial charge in [-0.05, 0) is 28.8 Å². The van der Waals surface area contributed by atoms with Gasteiger partial charge in [-0.15, -0.1) is 0 Å². The van der Waals surface area contributed by atoms with Crippen molar-refractivity contribution in [3.8, 4) is 0 Å². The van der Waals surface area contributed by atoms with Gasteiger partial charge in [-0.1, -0.05) is 93.1 Å². The highest BCUT2D eigenvalue weighted by Crippen LogP contribution is 2.37. The first-order valence-electron chi connectivity index (χ1n) is 9.51. The lowest BCUT2D eigenvalue weighted by Crippen LogP contribution is -2.66. The molecule has 0 radical (unpaired) electrons. The van der Waals surface area contributed by atoms with Crippen LogP contribution in [0.2, 0.25) is 5.04 Å². The standard InChI is InChI=1S/C22H31O4PSi/c1-19(12-11-17-27(23,24)25)18-26-28(22(2,3)4,20-13-7-5-8-14-20)21-15-9-6-10-16-21/h5-10,12-16H,11,17-18H2,1-4H3,(H2,23,24,25)/b19-12-. The quantitative estimate of drug-likeness (QED) is 0.385. The van der Waals surface area contributed by atoms with Crippen molar-refractivity contribution in [1.82, 2.24) is 0 Å².